The number of hydrogen-bond acceptors (Lipinski definition) is 1. The second-order valence-electron chi connectivity index (χ2n) is 9.51. The van der Waals surface area contributed by atoms with Crippen molar-refractivity contribution in [3.05, 3.63) is 94.6 Å². The fourth-order valence-corrected chi connectivity index (χ4v) is 5.28. The molecule has 150 valence electrons. The summed E-state index contributed by atoms with van der Waals surface area (Å²) in [4.78, 5) is 2.50. The molecule has 0 atom stereocenters. The van der Waals surface area contributed by atoms with Crippen molar-refractivity contribution in [2.45, 2.75) is 32.1 Å². The van der Waals surface area contributed by atoms with Crippen LogP contribution in [-0.2, 0) is 5.41 Å². The molecule has 2 heteroatoms. The van der Waals surface area contributed by atoms with Crippen LogP contribution in [0.4, 0.5) is 5.69 Å². The monoisotopic (exact) mass is 393 g/mol. The molecule has 4 aliphatic rings. The molecular formula is C28H29N2+. The summed E-state index contributed by atoms with van der Waals surface area (Å²) < 4.78 is 2.50. The molecule has 0 saturated carbocycles. The molecule has 0 spiro atoms. The first-order chi connectivity index (χ1) is 14.6. The van der Waals surface area contributed by atoms with Gasteiger partial charge < -0.3 is 4.90 Å². The Morgan fingerprint density at radius 2 is 1.70 bits per heavy atom. The fourth-order valence-electron chi connectivity index (χ4n) is 5.28. The molecular weight excluding hydrogens is 364 g/mol. The normalized spacial score (nSPS) is 21.5. The Morgan fingerprint density at radius 3 is 2.37 bits per heavy atom. The van der Waals surface area contributed by atoms with Gasteiger partial charge in [0, 0.05) is 36.3 Å². The number of rotatable bonds is 2. The van der Waals surface area contributed by atoms with Gasteiger partial charge in [-0.2, -0.15) is 0 Å². The predicted octanol–water partition coefficient (Wildman–Crippen LogP) is 5.34. The van der Waals surface area contributed by atoms with E-state index in [1.54, 1.807) is 0 Å². The average molecular weight is 394 g/mol. The molecule has 6 rings (SSSR count). The van der Waals surface area contributed by atoms with Gasteiger partial charge in [-0.05, 0) is 58.0 Å². The van der Waals surface area contributed by atoms with Crippen molar-refractivity contribution in [1.29, 1.82) is 0 Å². The summed E-state index contributed by atoms with van der Waals surface area (Å²) in [6.07, 6.45) is 9.79. The number of fused-ring (bicyclic) bond motifs is 2. The van der Waals surface area contributed by atoms with E-state index in [-0.39, 0.29) is 5.41 Å². The van der Waals surface area contributed by atoms with Crippen molar-refractivity contribution in [2.75, 3.05) is 31.1 Å². The topological polar surface area (TPSA) is 6.25 Å². The third-order valence-electron chi connectivity index (χ3n) is 7.40. The van der Waals surface area contributed by atoms with E-state index in [4.69, 9.17) is 0 Å². The molecule has 30 heavy (non-hydrogen) atoms. The van der Waals surface area contributed by atoms with E-state index in [1.807, 2.05) is 0 Å². The maximum absolute atomic E-state index is 2.50. The SMILES string of the molecule is CC1(C)C2=CC(=[N+]3CCC3)C=CC2=C(c2ccccc2)c2ccc(N3CCC3)cc21. The first-order valence-electron chi connectivity index (χ1n) is 11.3. The van der Waals surface area contributed by atoms with Crippen LogP contribution in [0.15, 0.2) is 77.9 Å². The molecule has 2 aliphatic heterocycles. The van der Waals surface area contributed by atoms with Gasteiger partial charge in [0.15, 0.2) is 5.71 Å². The Bertz CT molecular complexity index is 1150. The Balaban J connectivity index is 1.61. The highest BCUT2D eigenvalue weighted by Crippen LogP contribution is 2.50. The van der Waals surface area contributed by atoms with Crippen LogP contribution in [0.25, 0.3) is 5.57 Å². The minimum absolute atomic E-state index is 0.0231. The minimum Gasteiger partial charge on any atom is -0.371 e. The smallest absolute Gasteiger partial charge is 0.200 e. The Hall–Kier alpha value is -2.87. The van der Waals surface area contributed by atoms with Gasteiger partial charge in [-0.25, -0.2) is 4.58 Å². The van der Waals surface area contributed by atoms with Gasteiger partial charge in [0.1, 0.15) is 13.1 Å². The van der Waals surface area contributed by atoms with E-state index < -0.39 is 0 Å². The Labute approximate surface area is 179 Å². The van der Waals surface area contributed by atoms with Gasteiger partial charge in [0.25, 0.3) is 0 Å². The first-order valence-corrected chi connectivity index (χ1v) is 11.3. The molecule has 2 aromatic carbocycles. The lowest BCUT2D eigenvalue weighted by Gasteiger charge is -2.41. The van der Waals surface area contributed by atoms with Gasteiger partial charge in [0.2, 0.25) is 0 Å². The van der Waals surface area contributed by atoms with Crippen LogP contribution in [0, 0.1) is 0 Å². The van der Waals surface area contributed by atoms with Crippen LogP contribution in [0.1, 0.15) is 43.4 Å². The van der Waals surface area contributed by atoms with E-state index in [9.17, 15) is 0 Å². The van der Waals surface area contributed by atoms with Crippen LogP contribution in [-0.4, -0.2) is 36.5 Å². The maximum Gasteiger partial charge on any atom is 0.200 e. The van der Waals surface area contributed by atoms with Crippen molar-refractivity contribution in [3.63, 3.8) is 0 Å². The Morgan fingerprint density at radius 1 is 0.900 bits per heavy atom. The zero-order chi connectivity index (χ0) is 20.3. The van der Waals surface area contributed by atoms with Gasteiger partial charge >= 0.3 is 0 Å². The van der Waals surface area contributed by atoms with Crippen LogP contribution in [0.5, 0.6) is 0 Å². The van der Waals surface area contributed by atoms with E-state index >= 15 is 0 Å². The molecule has 2 saturated heterocycles. The molecule has 0 aromatic heterocycles. The number of nitrogens with zero attached hydrogens (tertiary/aromatic N) is 2. The second-order valence-corrected chi connectivity index (χ2v) is 9.51. The summed E-state index contributed by atoms with van der Waals surface area (Å²) in [6.45, 7) is 9.56. The summed E-state index contributed by atoms with van der Waals surface area (Å²) in [5.41, 5.74) is 11.1. The molecule has 2 aliphatic carbocycles. The molecule has 0 radical (unpaired) electrons. The van der Waals surface area contributed by atoms with Crippen LogP contribution < -0.4 is 4.90 Å². The van der Waals surface area contributed by atoms with Crippen molar-refractivity contribution < 1.29 is 4.58 Å². The van der Waals surface area contributed by atoms with Crippen LogP contribution >= 0.6 is 0 Å². The summed E-state index contributed by atoms with van der Waals surface area (Å²) in [5, 5.41) is 0. The van der Waals surface area contributed by atoms with E-state index in [0.29, 0.717) is 0 Å². The lowest BCUT2D eigenvalue weighted by Crippen LogP contribution is -2.38. The summed E-state index contributed by atoms with van der Waals surface area (Å²) in [5.74, 6) is 0. The molecule has 0 N–H and O–H groups in total. The summed E-state index contributed by atoms with van der Waals surface area (Å²) in [6, 6.07) is 18.1. The molecule has 2 heterocycles. The van der Waals surface area contributed by atoms with Gasteiger partial charge in [-0.3, -0.25) is 0 Å². The van der Waals surface area contributed by atoms with Gasteiger partial charge in [-0.1, -0.05) is 50.2 Å². The molecule has 2 fully saturated rings. The lowest BCUT2D eigenvalue weighted by atomic mass is 9.64. The number of benzene rings is 2. The Kier molecular flexibility index (Phi) is 3.93. The average Bonchev–Trinajstić information content (AvgIpc) is 2.67. The van der Waals surface area contributed by atoms with Crippen molar-refractivity contribution in [2.24, 2.45) is 0 Å². The van der Waals surface area contributed by atoms with Crippen LogP contribution in [0.2, 0.25) is 0 Å². The summed E-state index contributed by atoms with van der Waals surface area (Å²) in [7, 11) is 0. The first kappa shape index (κ1) is 17.9. The third kappa shape index (κ3) is 2.59. The van der Waals surface area contributed by atoms with E-state index in [0.717, 1.165) is 0 Å². The van der Waals surface area contributed by atoms with Gasteiger partial charge in [0.05, 0.1) is 6.42 Å². The highest BCUT2D eigenvalue weighted by atomic mass is 15.2. The fraction of sp³-hybridized carbons (Fsp3) is 0.321. The maximum atomic E-state index is 2.50. The van der Waals surface area contributed by atoms with Crippen molar-refractivity contribution >= 4 is 17.0 Å². The lowest BCUT2D eigenvalue weighted by molar-refractivity contribution is -0.582. The zero-order valence-electron chi connectivity index (χ0n) is 18.0. The molecule has 0 amide bonds. The number of anilines is 1. The highest BCUT2D eigenvalue weighted by Gasteiger charge is 2.39. The minimum atomic E-state index is -0.0231. The largest absolute Gasteiger partial charge is 0.371 e. The van der Waals surface area contributed by atoms with Crippen LogP contribution in [0.3, 0.4) is 0 Å². The van der Waals surface area contributed by atoms with Crippen molar-refractivity contribution in [1.82, 2.24) is 0 Å². The molecule has 2 nitrogen and oxygen atoms in total. The quantitative estimate of drug-likeness (QED) is 0.624. The van der Waals surface area contributed by atoms with E-state index in [1.165, 1.54) is 83.8 Å². The predicted molar refractivity (Wildman–Crippen MR) is 126 cm³/mol. The number of hydrogen-bond donors (Lipinski definition) is 0. The van der Waals surface area contributed by atoms with E-state index in [2.05, 4.69) is 90.1 Å². The highest BCUT2D eigenvalue weighted by molar-refractivity contribution is 6.06. The number of allylic oxidation sites excluding steroid dienone is 5. The molecule has 0 unspecified atom stereocenters. The molecule has 0 bridgehead atoms. The molecule has 2 aromatic rings. The summed E-state index contributed by atoms with van der Waals surface area (Å²) >= 11 is 0. The van der Waals surface area contributed by atoms with Crippen molar-refractivity contribution in [3.8, 4) is 0 Å². The third-order valence-corrected chi connectivity index (χ3v) is 7.40. The standard InChI is InChI=1S/C28H29N2/c1-28(2)25-18-21(29-14-6-15-29)10-12-23(25)27(20-8-4-3-5-9-20)24-13-11-22(19-26(24)28)30-16-7-17-30/h3-5,8-13,18-19H,6-7,14-17H2,1-2H3/q+1. The second kappa shape index (κ2) is 6.57. The van der Waals surface area contributed by atoms with Gasteiger partial charge in [-0.15, -0.1) is 0 Å². The zero-order valence-corrected chi connectivity index (χ0v) is 18.0.